The van der Waals surface area contributed by atoms with Gasteiger partial charge in [0.15, 0.2) is 0 Å². The third kappa shape index (κ3) is 6.31. The Kier molecular flexibility index (Phi) is 7.69. The zero-order valence-electron chi connectivity index (χ0n) is 17.1. The Morgan fingerprint density at radius 3 is 2.45 bits per heavy atom. The Labute approximate surface area is 198 Å². The number of carbonyl (C=O) groups excluding carboxylic acids is 3. The number of hydrogen-bond acceptors (Lipinski definition) is 7. The first-order valence-electron chi connectivity index (χ1n) is 9.45. The molecule has 0 unspecified atom stereocenters. The molecule has 9 nitrogen and oxygen atoms in total. The maximum Gasteiger partial charge on any atom is 0.414 e. The second-order valence-corrected chi connectivity index (χ2v) is 9.47. The maximum atomic E-state index is 12.7. The van der Waals surface area contributed by atoms with Crippen LogP contribution in [0.15, 0.2) is 64.9 Å². The Morgan fingerprint density at radius 1 is 1.03 bits per heavy atom. The molecule has 1 aromatic heterocycles. The lowest BCUT2D eigenvalue weighted by Crippen LogP contribution is -2.31. The molecule has 0 saturated heterocycles. The minimum absolute atomic E-state index is 0.0117. The number of nitrogens with one attached hydrogen (secondary N) is 3. The number of ether oxygens (including phenoxy) is 1. The Balaban J connectivity index is 1.73. The van der Waals surface area contributed by atoms with Crippen molar-refractivity contribution < 1.29 is 27.5 Å². The van der Waals surface area contributed by atoms with Crippen LogP contribution in [0.3, 0.4) is 0 Å². The minimum atomic E-state index is -3.89. The van der Waals surface area contributed by atoms with Gasteiger partial charge in [-0.05, 0) is 60.8 Å². The van der Waals surface area contributed by atoms with E-state index >= 15 is 0 Å². The van der Waals surface area contributed by atoms with E-state index in [0.29, 0.717) is 5.02 Å². The molecule has 12 heteroatoms. The number of amides is 3. The van der Waals surface area contributed by atoms with Crippen molar-refractivity contribution in [1.82, 2.24) is 5.32 Å². The molecule has 0 saturated carbocycles. The van der Waals surface area contributed by atoms with E-state index in [1.165, 1.54) is 54.6 Å². The van der Waals surface area contributed by atoms with Crippen LogP contribution >= 0.6 is 22.9 Å². The van der Waals surface area contributed by atoms with E-state index in [2.05, 4.69) is 20.1 Å². The van der Waals surface area contributed by atoms with Crippen LogP contribution in [0.5, 0.6) is 0 Å². The molecule has 0 radical (unpaired) electrons. The number of sulfonamides is 1. The summed E-state index contributed by atoms with van der Waals surface area (Å²) in [5.74, 6) is -1.30. The van der Waals surface area contributed by atoms with E-state index < -0.39 is 27.9 Å². The molecule has 3 amide bonds. The molecule has 0 aliphatic rings. The second kappa shape index (κ2) is 10.5. The van der Waals surface area contributed by atoms with Crippen LogP contribution in [0.4, 0.5) is 15.5 Å². The lowest BCUT2D eigenvalue weighted by atomic mass is 10.2. The topological polar surface area (TPSA) is 131 Å². The molecule has 0 aliphatic carbocycles. The highest BCUT2D eigenvalue weighted by molar-refractivity contribution is 7.92. The number of halogens is 1. The fourth-order valence-electron chi connectivity index (χ4n) is 2.64. The third-order valence-corrected chi connectivity index (χ3v) is 6.61. The lowest BCUT2D eigenvalue weighted by Gasteiger charge is -2.10. The molecule has 1 heterocycles. The van der Waals surface area contributed by atoms with Crippen LogP contribution < -0.4 is 15.4 Å². The van der Waals surface area contributed by atoms with E-state index in [1.807, 2.05) is 0 Å². The van der Waals surface area contributed by atoms with Crippen molar-refractivity contribution in [3.63, 3.8) is 0 Å². The number of anilines is 2. The molecule has 0 bridgehead atoms. The summed E-state index contributed by atoms with van der Waals surface area (Å²) in [5, 5.41) is 6.85. The second-order valence-electron chi connectivity index (χ2n) is 6.43. The summed E-state index contributed by atoms with van der Waals surface area (Å²) in [7, 11) is -3.89. The number of rotatable bonds is 7. The Bertz CT molecular complexity index is 1290. The highest BCUT2D eigenvalue weighted by Gasteiger charge is 2.19. The van der Waals surface area contributed by atoms with Crippen LogP contribution in [0.1, 0.15) is 27.6 Å². The SMILES string of the molecule is CCOC(=O)NC(=O)c1ccsc1NC(=O)c1cccc(NS(=O)(=O)c2ccc(Cl)cc2)c1. The minimum Gasteiger partial charge on any atom is -0.450 e. The van der Waals surface area contributed by atoms with Gasteiger partial charge in [0, 0.05) is 16.3 Å². The zero-order chi connectivity index (χ0) is 24.0. The number of alkyl carbamates (subject to hydrolysis) is 1. The molecular weight excluding hydrogens is 490 g/mol. The molecule has 3 rings (SSSR count). The van der Waals surface area contributed by atoms with Gasteiger partial charge < -0.3 is 10.1 Å². The van der Waals surface area contributed by atoms with Crippen molar-refractivity contribution in [3.05, 3.63) is 76.1 Å². The van der Waals surface area contributed by atoms with E-state index in [1.54, 1.807) is 12.3 Å². The maximum absolute atomic E-state index is 12.7. The summed E-state index contributed by atoms with van der Waals surface area (Å²) >= 11 is 6.89. The summed E-state index contributed by atoms with van der Waals surface area (Å²) in [6.07, 6.45) is -0.897. The van der Waals surface area contributed by atoms with E-state index in [-0.39, 0.29) is 33.3 Å². The largest absolute Gasteiger partial charge is 0.450 e. The van der Waals surface area contributed by atoms with Crippen molar-refractivity contribution in [2.45, 2.75) is 11.8 Å². The predicted octanol–water partition coefficient (Wildman–Crippen LogP) is 4.34. The summed E-state index contributed by atoms with van der Waals surface area (Å²) in [6.45, 7) is 1.70. The van der Waals surface area contributed by atoms with Gasteiger partial charge in [0.05, 0.1) is 17.1 Å². The van der Waals surface area contributed by atoms with E-state index in [0.717, 1.165) is 11.3 Å². The molecule has 33 heavy (non-hydrogen) atoms. The van der Waals surface area contributed by atoms with Gasteiger partial charge in [-0.25, -0.2) is 13.2 Å². The Morgan fingerprint density at radius 2 is 1.76 bits per heavy atom. The third-order valence-electron chi connectivity index (χ3n) is 4.13. The monoisotopic (exact) mass is 507 g/mol. The smallest absolute Gasteiger partial charge is 0.414 e. The van der Waals surface area contributed by atoms with Crippen molar-refractivity contribution in [3.8, 4) is 0 Å². The van der Waals surface area contributed by atoms with Gasteiger partial charge in [0.25, 0.3) is 21.8 Å². The fourth-order valence-corrected chi connectivity index (χ4v) is 4.59. The van der Waals surface area contributed by atoms with Crippen LogP contribution in [0.25, 0.3) is 0 Å². The van der Waals surface area contributed by atoms with Crippen LogP contribution in [0.2, 0.25) is 5.02 Å². The predicted molar refractivity (Wildman–Crippen MR) is 125 cm³/mol. The molecule has 172 valence electrons. The fraction of sp³-hybridized carbons (Fsp3) is 0.0952. The number of carbonyl (C=O) groups is 3. The molecule has 0 spiro atoms. The summed E-state index contributed by atoms with van der Waals surface area (Å²) < 4.78 is 32.2. The summed E-state index contributed by atoms with van der Waals surface area (Å²) in [6, 6.07) is 12.9. The molecule has 0 fully saturated rings. The van der Waals surface area contributed by atoms with Gasteiger partial charge >= 0.3 is 6.09 Å². The molecule has 0 atom stereocenters. The van der Waals surface area contributed by atoms with Gasteiger partial charge in [-0.3, -0.25) is 19.6 Å². The zero-order valence-corrected chi connectivity index (χ0v) is 19.5. The molecule has 3 aromatic rings. The molecule has 2 aromatic carbocycles. The standard InChI is InChI=1S/C21H18ClN3O6S2/c1-2-31-21(28)24-19(27)17-10-11-32-20(17)23-18(26)13-4-3-5-15(12-13)25-33(29,30)16-8-6-14(22)7-9-16/h3-12,25H,2H2,1H3,(H,23,26)(H,24,27,28). The molecule has 3 N–H and O–H groups in total. The number of thiophene rings is 1. The first-order chi connectivity index (χ1) is 15.7. The van der Waals surface area contributed by atoms with E-state index in [4.69, 9.17) is 11.6 Å². The normalized spacial score (nSPS) is 10.8. The highest BCUT2D eigenvalue weighted by Crippen LogP contribution is 2.25. The summed E-state index contributed by atoms with van der Waals surface area (Å²) in [4.78, 5) is 36.5. The van der Waals surface area contributed by atoms with Gasteiger partial charge in [-0.2, -0.15) is 0 Å². The van der Waals surface area contributed by atoms with Gasteiger partial charge in [-0.1, -0.05) is 17.7 Å². The number of imide groups is 1. The van der Waals surface area contributed by atoms with E-state index in [9.17, 15) is 22.8 Å². The Hall–Kier alpha value is -3.41. The summed E-state index contributed by atoms with van der Waals surface area (Å²) in [5.41, 5.74) is 0.404. The average molecular weight is 508 g/mol. The average Bonchev–Trinajstić information content (AvgIpc) is 3.22. The first-order valence-corrected chi connectivity index (χ1v) is 12.2. The van der Waals surface area contributed by atoms with Gasteiger partial charge in [0.1, 0.15) is 5.00 Å². The number of benzene rings is 2. The van der Waals surface area contributed by atoms with Crippen molar-refractivity contribution >= 4 is 61.6 Å². The van der Waals surface area contributed by atoms with Crippen LogP contribution in [-0.2, 0) is 14.8 Å². The first kappa shape index (κ1) is 24.2. The van der Waals surface area contributed by atoms with Crippen molar-refractivity contribution in [2.24, 2.45) is 0 Å². The van der Waals surface area contributed by atoms with Gasteiger partial charge in [0.2, 0.25) is 0 Å². The highest BCUT2D eigenvalue weighted by atomic mass is 35.5. The number of hydrogen-bond donors (Lipinski definition) is 3. The van der Waals surface area contributed by atoms with Gasteiger partial charge in [-0.15, -0.1) is 11.3 Å². The van der Waals surface area contributed by atoms with Crippen molar-refractivity contribution in [1.29, 1.82) is 0 Å². The quantitative estimate of drug-likeness (QED) is 0.436. The van der Waals surface area contributed by atoms with Crippen molar-refractivity contribution in [2.75, 3.05) is 16.6 Å². The lowest BCUT2D eigenvalue weighted by molar-refractivity contribution is 0.0926. The van der Waals surface area contributed by atoms with Crippen LogP contribution in [0, 0.1) is 0 Å². The van der Waals surface area contributed by atoms with Crippen LogP contribution in [-0.4, -0.2) is 32.9 Å². The molecular formula is C21H18ClN3O6S2. The molecule has 0 aliphatic heterocycles.